The fourth-order valence-corrected chi connectivity index (χ4v) is 2.59. The molecule has 1 saturated heterocycles. The van der Waals surface area contributed by atoms with E-state index in [9.17, 15) is 4.39 Å². The Hall–Kier alpha value is -1.62. The molecule has 4 nitrogen and oxygen atoms in total. The Kier molecular flexibility index (Phi) is 2.52. The van der Waals surface area contributed by atoms with Gasteiger partial charge in [-0.15, -0.1) is 0 Å². The summed E-state index contributed by atoms with van der Waals surface area (Å²) in [5, 5.41) is 0. The Morgan fingerprint density at radius 1 is 1.56 bits per heavy atom. The SMILES string of the molecule is CC1(Cn2c(N)nc3c(F)cccc32)CCCO1. The van der Waals surface area contributed by atoms with Gasteiger partial charge in [-0.25, -0.2) is 9.37 Å². The number of nitrogens with zero attached hydrogens (tertiary/aromatic N) is 2. The van der Waals surface area contributed by atoms with E-state index in [-0.39, 0.29) is 11.4 Å². The number of hydrogen-bond acceptors (Lipinski definition) is 3. The molecule has 1 aromatic heterocycles. The molecule has 96 valence electrons. The second-order valence-electron chi connectivity index (χ2n) is 5.07. The number of nitrogen functional groups attached to an aromatic ring is 1. The number of ether oxygens (including phenoxy) is 1. The topological polar surface area (TPSA) is 53.1 Å². The van der Waals surface area contributed by atoms with Crippen LogP contribution in [0.1, 0.15) is 19.8 Å². The van der Waals surface area contributed by atoms with Crippen LogP contribution in [0, 0.1) is 5.82 Å². The zero-order valence-electron chi connectivity index (χ0n) is 10.3. The van der Waals surface area contributed by atoms with Gasteiger partial charge in [-0.3, -0.25) is 0 Å². The highest BCUT2D eigenvalue weighted by Gasteiger charge is 2.31. The minimum atomic E-state index is -0.338. The van der Waals surface area contributed by atoms with Gasteiger partial charge in [-0.2, -0.15) is 0 Å². The van der Waals surface area contributed by atoms with Crippen molar-refractivity contribution in [2.75, 3.05) is 12.3 Å². The van der Waals surface area contributed by atoms with E-state index in [0.29, 0.717) is 18.0 Å². The van der Waals surface area contributed by atoms with Crippen LogP contribution < -0.4 is 5.73 Å². The van der Waals surface area contributed by atoms with Crippen molar-refractivity contribution >= 4 is 17.0 Å². The molecule has 0 spiro atoms. The van der Waals surface area contributed by atoms with Crippen molar-refractivity contribution < 1.29 is 9.13 Å². The molecule has 1 aromatic carbocycles. The number of aromatic nitrogens is 2. The van der Waals surface area contributed by atoms with E-state index in [4.69, 9.17) is 10.5 Å². The summed E-state index contributed by atoms with van der Waals surface area (Å²) in [5.41, 5.74) is 6.72. The lowest BCUT2D eigenvalue weighted by molar-refractivity contribution is 0.00750. The van der Waals surface area contributed by atoms with Gasteiger partial charge in [0.15, 0.2) is 5.82 Å². The van der Waals surface area contributed by atoms with E-state index < -0.39 is 0 Å². The highest BCUT2D eigenvalue weighted by Crippen LogP contribution is 2.30. The molecular weight excluding hydrogens is 233 g/mol. The molecule has 2 aromatic rings. The minimum Gasteiger partial charge on any atom is -0.373 e. The predicted molar refractivity (Wildman–Crippen MR) is 67.7 cm³/mol. The van der Waals surface area contributed by atoms with Gasteiger partial charge in [0.25, 0.3) is 0 Å². The number of benzene rings is 1. The Labute approximate surface area is 105 Å². The van der Waals surface area contributed by atoms with Crippen molar-refractivity contribution in [2.24, 2.45) is 0 Å². The highest BCUT2D eigenvalue weighted by molar-refractivity contribution is 5.78. The highest BCUT2D eigenvalue weighted by atomic mass is 19.1. The van der Waals surface area contributed by atoms with E-state index in [1.165, 1.54) is 6.07 Å². The number of fused-ring (bicyclic) bond motifs is 1. The van der Waals surface area contributed by atoms with E-state index >= 15 is 0 Å². The molecule has 0 aliphatic carbocycles. The standard InChI is InChI=1S/C13H16FN3O/c1-13(6-3-7-18-13)8-17-10-5-2-4-9(14)11(10)16-12(17)15/h2,4-5H,3,6-8H2,1H3,(H2,15,16). The largest absolute Gasteiger partial charge is 0.373 e. The Bertz CT molecular complexity index is 587. The van der Waals surface area contributed by atoms with Gasteiger partial charge < -0.3 is 15.0 Å². The fraction of sp³-hybridized carbons (Fsp3) is 0.462. The molecule has 1 fully saturated rings. The zero-order valence-corrected chi connectivity index (χ0v) is 10.3. The monoisotopic (exact) mass is 249 g/mol. The maximum atomic E-state index is 13.6. The zero-order chi connectivity index (χ0) is 12.8. The number of imidazole rings is 1. The van der Waals surface area contributed by atoms with Gasteiger partial charge in [0, 0.05) is 6.61 Å². The average Bonchev–Trinajstić information content (AvgIpc) is 2.88. The number of hydrogen-bond donors (Lipinski definition) is 1. The molecule has 2 heterocycles. The Morgan fingerprint density at radius 2 is 2.39 bits per heavy atom. The van der Waals surface area contributed by atoms with Gasteiger partial charge in [0.05, 0.1) is 17.7 Å². The maximum absolute atomic E-state index is 13.6. The molecule has 18 heavy (non-hydrogen) atoms. The predicted octanol–water partition coefficient (Wildman–Crippen LogP) is 2.33. The molecule has 3 rings (SSSR count). The second-order valence-corrected chi connectivity index (χ2v) is 5.07. The number of halogens is 1. The minimum absolute atomic E-state index is 0.228. The first-order chi connectivity index (χ1) is 8.59. The van der Waals surface area contributed by atoms with Crippen LogP contribution in [0.15, 0.2) is 18.2 Å². The van der Waals surface area contributed by atoms with Crippen LogP contribution in [0.25, 0.3) is 11.0 Å². The molecule has 1 unspecified atom stereocenters. The van der Waals surface area contributed by atoms with E-state index in [0.717, 1.165) is 25.0 Å². The smallest absolute Gasteiger partial charge is 0.201 e. The summed E-state index contributed by atoms with van der Waals surface area (Å²) in [5.74, 6) is 0.00210. The lowest BCUT2D eigenvalue weighted by atomic mass is 10.0. The van der Waals surface area contributed by atoms with Gasteiger partial charge in [-0.1, -0.05) is 6.07 Å². The third-order valence-electron chi connectivity index (χ3n) is 3.55. The first-order valence-corrected chi connectivity index (χ1v) is 6.13. The molecule has 0 radical (unpaired) electrons. The maximum Gasteiger partial charge on any atom is 0.201 e. The molecule has 1 aliphatic rings. The second kappa shape index (κ2) is 3.95. The molecule has 1 atom stereocenters. The third kappa shape index (κ3) is 1.75. The fourth-order valence-electron chi connectivity index (χ4n) is 2.59. The van der Waals surface area contributed by atoms with Crippen molar-refractivity contribution in [3.8, 4) is 0 Å². The molecule has 5 heteroatoms. The van der Waals surface area contributed by atoms with Gasteiger partial charge in [0.2, 0.25) is 5.95 Å². The average molecular weight is 249 g/mol. The Morgan fingerprint density at radius 3 is 3.11 bits per heavy atom. The van der Waals surface area contributed by atoms with Crippen LogP contribution in [0.4, 0.5) is 10.3 Å². The van der Waals surface area contributed by atoms with Crippen LogP contribution in [-0.2, 0) is 11.3 Å². The lowest BCUT2D eigenvalue weighted by Gasteiger charge is -2.24. The third-order valence-corrected chi connectivity index (χ3v) is 3.55. The molecule has 0 amide bonds. The lowest BCUT2D eigenvalue weighted by Crippen LogP contribution is -2.30. The van der Waals surface area contributed by atoms with Gasteiger partial charge in [0.1, 0.15) is 5.52 Å². The number of anilines is 1. The van der Waals surface area contributed by atoms with E-state index in [1.54, 1.807) is 6.07 Å². The molecule has 1 aliphatic heterocycles. The van der Waals surface area contributed by atoms with Crippen molar-refractivity contribution in [3.05, 3.63) is 24.0 Å². The number of rotatable bonds is 2. The van der Waals surface area contributed by atoms with E-state index in [1.807, 2.05) is 10.6 Å². The van der Waals surface area contributed by atoms with Gasteiger partial charge >= 0.3 is 0 Å². The summed E-state index contributed by atoms with van der Waals surface area (Å²) >= 11 is 0. The van der Waals surface area contributed by atoms with Crippen LogP contribution in [-0.4, -0.2) is 21.8 Å². The van der Waals surface area contributed by atoms with E-state index in [2.05, 4.69) is 11.9 Å². The van der Waals surface area contributed by atoms with Crippen molar-refractivity contribution in [1.29, 1.82) is 0 Å². The van der Waals surface area contributed by atoms with Crippen molar-refractivity contribution in [3.63, 3.8) is 0 Å². The molecule has 0 saturated carbocycles. The first-order valence-electron chi connectivity index (χ1n) is 6.13. The quantitative estimate of drug-likeness (QED) is 0.888. The summed E-state index contributed by atoms with van der Waals surface area (Å²) in [6.45, 7) is 3.45. The number of nitrogens with two attached hydrogens (primary N) is 1. The Balaban J connectivity index is 2.06. The van der Waals surface area contributed by atoms with Crippen LogP contribution in [0.2, 0.25) is 0 Å². The van der Waals surface area contributed by atoms with Gasteiger partial charge in [-0.05, 0) is 31.9 Å². The molecule has 2 N–H and O–H groups in total. The van der Waals surface area contributed by atoms with Crippen LogP contribution in [0.5, 0.6) is 0 Å². The van der Waals surface area contributed by atoms with Crippen LogP contribution in [0.3, 0.4) is 0 Å². The number of para-hydroxylation sites is 1. The molecular formula is C13H16FN3O. The van der Waals surface area contributed by atoms with Crippen molar-refractivity contribution in [1.82, 2.24) is 9.55 Å². The summed E-state index contributed by atoms with van der Waals surface area (Å²) < 4.78 is 21.2. The van der Waals surface area contributed by atoms with Crippen molar-refractivity contribution in [2.45, 2.75) is 31.9 Å². The molecule has 0 bridgehead atoms. The normalized spacial score (nSPS) is 23.9. The summed E-state index contributed by atoms with van der Waals surface area (Å²) in [4.78, 5) is 4.10. The summed E-state index contributed by atoms with van der Waals surface area (Å²) in [6, 6.07) is 4.90. The summed E-state index contributed by atoms with van der Waals surface area (Å²) in [7, 11) is 0. The van der Waals surface area contributed by atoms with Crippen LogP contribution >= 0.6 is 0 Å². The first kappa shape index (κ1) is 11.5. The summed E-state index contributed by atoms with van der Waals surface area (Å²) in [6.07, 6.45) is 2.04.